The number of fused-ring (bicyclic) bond motifs is 1. The predicted octanol–water partition coefficient (Wildman–Crippen LogP) is 0.207. The quantitative estimate of drug-likeness (QED) is 0.509. The molecule has 0 bridgehead atoms. The Morgan fingerprint density at radius 1 is 1.21 bits per heavy atom. The highest BCUT2D eigenvalue weighted by Gasteiger charge is 2.16. The molecule has 0 atom stereocenters. The number of benzene rings is 1. The third-order valence-corrected chi connectivity index (χ3v) is 2.33. The molecular formula is C8H7BClNO3. The molecule has 14 heavy (non-hydrogen) atoms. The van der Waals surface area contributed by atoms with Gasteiger partial charge in [-0.3, -0.25) is 0 Å². The first-order valence-electron chi connectivity index (χ1n) is 3.95. The maximum absolute atomic E-state index is 9.15. The minimum Gasteiger partial charge on any atom is -0.495 e. The molecule has 2 rings (SSSR count). The molecule has 1 aromatic carbocycles. The Balaban J connectivity index is 2.70. The molecule has 0 aliphatic heterocycles. The standard InChI is InChI=1S/C8H7BClNO3/c10-6-3-7-4(2-8(12)11-7)1-5(6)9(13)14/h1-3,11-14H. The lowest BCUT2D eigenvalue weighted by atomic mass is 9.80. The molecule has 0 saturated carbocycles. The Kier molecular flexibility index (Phi) is 2.15. The van der Waals surface area contributed by atoms with E-state index in [9.17, 15) is 0 Å². The van der Waals surface area contributed by atoms with Gasteiger partial charge in [-0.15, -0.1) is 0 Å². The fourth-order valence-electron chi connectivity index (χ4n) is 1.35. The van der Waals surface area contributed by atoms with Crippen LogP contribution in [0.2, 0.25) is 5.02 Å². The van der Waals surface area contributed by atoms with Crippen molar-refractivity contribution in [2.45, 2.75) is 0 Å². The van der Waals surface area contributed by atoms with E-state index < -0.39 is 7.12 Å². The Labute approximate surface area is 84.9 Å². The number of H-pyrrole nitrogens is 1. The highest BCUT2D eigenvalue weighted by Crippen LogP contribution is 2.21. The second kappa shape index (κ2) is 3.20. The number of hydrogen-bond donors (Lipinski definition) is 4. The highest BCUT2D eigenvalue weighted by atomic mass is 35.5. The number of nitrogens with one attached hydrogen (secondary N) is 1. The summed E-state index contributed by atoms with van der Waals surface area (Å²) in [5, 5.41) is 28.0. The van der Waals surface area contributed by atoms with E-state index in [4.69, 9.17) is 26.8 Å². The van der Waals surface area contributed by atoms with E-state index in [2.05, 4.69) is 4.98 Å². The largest absolute Gasteiger partial charge is 0.495 e. The topological polar surface area (TPSA) is 76.5 Å². The molecule has 0 saturated heterocycles. The minimum atomic E-state index is -1.61. The average Bonchev–Trinajstić information content (AvgIpc) is 2.42. The summed E-state index contributed by atoms with van der Waals surface area (Å²) in [5.74, 6) is 0.0145. The van der Waals surface area contributed by atoms with Crippen LogP contribution in [0, 0.1) is 0 Å². The molecule has 0 unspecified atom stereocenters. The molecule has 0 amide bonds. The lowest BCUT2D eigenvalue weighted by Crippen LogP contribution is -2.30. The Morgan fingerprint density at radius 2 is 1.93 bits per heavy atom. The molecule has 6 heteroatoms. The van der Waals surface area contributed by atoms with Crippen LogP contribution < -0.4 is 5.46 Å². The van der Waals surface area contributed by atoms with Gasteiger partial charge in [0.1, 0.15) is 0 Å². The fourth-order valence-corrected chi connectivity index (χ4v) is 1.62. The van der Waals surface area contributed by atoms with E-state index in [1.165, 1.54) is 18.2 Å². The first-order chi connectivity index (χ1) is 6.58. The van der Waals surface area contributed by atoms with Gasteiger partial charge in [0, 0.05) is 27.5 Å². The Morgan fingerprint density at radius 3 is 2.57 bits per heavy atom. The maximum Gasteiger partial charge on any atom is 0.489 e. The molecule has 0 radical (unpaired) electrons. The molecule has 0 aliphatic rings. The van der Waals surface area contributed by atoms with Crippen molar-refractivity contribution in [2.75, 3.05) is 0 Å². The summed E-state index contributed by atoms with van der Waals surface area (Å²) >= 11 is 5.79. The van der Waals surface area contributed by atoms with Crippen molar-refractivity contribution in [2.24, 2.45) is 0 Å². The SMILES string of the molecule is OB(O)c1cc2cc(O)[nH]c2cc1Cl. The number of aromatic nitrogens is 1. The van der Waals surface area contributed by atoms with Crippen LogP contribution >= 0.6 is 11.6 Å². The van der Waals surface area contributed by atoms with Crippen molar-refractivity contribution >= 4 is 35.1 Å². The van der Waals surface area contributed by atoms with Gasteiger partial charge in [-0.1, -0.05) is 17.7 Å². The predicted molar refractivity (Wildman–Crippen MR) is 54.8 cm³/mol. The third-order valence-electron chi connectivity index (χ3n) is 2.00. The van der Waals surface area contributed by atoms with Gasteiger partial charge in [0.05, 0.1) is 0 Å². The zero-order chi connectivity index (χ0) is 10.3. The van der Waals surface area contributed by atoms with Gasteiger partial charge in [-0.05, 0) is 6.07 Å². The number of hydrogen-bond acceptors (Lipinski definition) is 3. The first-order valence-corrected chi connectivity index (χ1v) is 4.33. The second-order valence-electron chi connectivity index (χ2n) is 2.99. The highest BCUT2D eigenvalue weighted by molar-refractivity contribution is 6.63. The van der Waals surface area contributed by atoms with Crippen molar-refractivity contribution in [3.05, 3.63) is 23.2 Å². The van der Waals surface area contributed by atoms with Gasteiger partial charge in [0.25, 0.3) is 0 Å². The zero-order valence-electron chi connectivity index (χ0n) is 7.03. The van der Waals surface area contributed by atoms with Crippen molar-refractivity contribution in [1.29, 1.82) is 0 Å². The van der Waals surface area contributed by atoms with Crippen LogP contribution in [0.25, 0.3) is 10.9 Å². The summed E-state index contributed by atoms with van der Waals surface area (Å²) in [6.45, 7) is 0. The van der Waals surface area contributed by atoms with E-state index in [1.807, 2.05) is 0 Å². The smallest absolute Gasteiger partial charge is 0.489 e. The fraction of sp³-hybridized carbons (Fsp3) is 0. The van der Waals surface area contributed by atoms with Gasteiger partial charge in [-0.2, -0.15) is 0 Å². The van der Waals surface area contributed by atoms with Crippen molar-refractivity contribution in [1.82, 2.24) is 4.98 Å². The molecular weight excluding hydrogens is 204 g/mol. The van der Waals surface area contributed by atoms with Crippen LogP contribution in [-0.2, 0) is 0 Å². The summed E-state index contributed by atoms with van der Waals surface area (Å²) in [7, 11) is -1.61. The van der Waals surface area contributed by atoms with Gasteiger partial charge in [0.15, 0.2) is 5.88 Å². The van der Waals surface area contributed by atoms with Crippen LogP contribution in [0.5, 0.6) is 5.88 Å². The molecule has 4 N–H and O–H groups in total. The van der Waals surface area contributed by atoms with E-state index >= 15 is 0 Å². The van der Waals surface area contributed by atoms with Gasteiger partial charge < -0.3 is 20.1 Å². The van der Waals surface area contributed by atoms with E-state index in [0.29, 0.717) is 10.9 Å². The number of halogens is 1. The van der Waals surface area contributed by atoms with Crippen molar-refractivity contribution in [3.8, 4) is 5.88 Å². The number of rotatable bonds is 1. The lowest BCUT2D eigenvalue weighted by molar-refractivity contribution is 0.426. The van der Waals surface area contributed by atoms with Crippen LogP contribution in [-0.4, -0.2) is 27.3 Å². The van der Waals surface area contributed by atoms with Crippen LogP contribution in [0.15, 0.2) is 18.2 Å². The number of aromatic amines is 1. The maximum atomic E-state index is 9.15. The minimum absolute atomic E-state index is 0.0145. The summed E-state index contributed by atoms with van der Waals surface area (Å²) in [6, 6.07) is 4.53. The van der Waals surface area contributed by atoms with Gasteiger partial charge >= 0.3 is 7.12 Å². The summed E-state index contributed by atoms with van der Waals surface area (Å²) in [4.78, 5) is 2.67. The van der Waals surface area contributed by atoms with Crippen LogP contribution in [0.3, 0.4) is 0 Å². The molecule has 72 valence electrons. The third kappa shape index (κ3) is 1.46. The van der Waals surface area contributed by atoms with E-state index in [0.717, 1.165) is 0 Å². The van der Waals surface area contributed by atoms with Gasteiger partial charge in [0.2, 0.25) is 0 Å². The first kappa shape index (κ1) is 9.39. The van der Waals surface area contributed by atoms with Crippen LogP contribution in [0.4, 0.5) is 0 Å². The second-order valence-corrected chi connectivity index (χ2v) is 3.40. The Hall–Kier alpha value is -1.17. The van der Waals surface area contributed by atoms with Gasteiger partial charge in [-0.25, -0.2) is 0 Å². The zero-order valence-corrected chi connectivity index (χ0v) is 7.78. The summed E-state index contributed by atoms with van der Waals surface area (Å²) < 4.78 is 0. The molecule has 0 fully saturated rings. The summed E-state index contributed by atoms with van der Waals surface area (Å²) in [5.41, 5.74) is 0.870. The van der Waals surface area contributed by atoms with Crippen molar-refractivity contribution in [3.63, 3.8) is 0 Å². The molecule has 1 aromatic heterocycles. The molecule has 1 heterocycles. The van der Waals surface area contributed by atoms with E-state index in [1.54, 1.807) is 0 Å². The average molecular weight is 211 g/mol. The van der Waals surface area contributed by atoms with Crippen LogP contribution in [0.1, 0.15) is 0 Å². The molecule has 0 aliphatic carbocycles. The molecule has 0 spiro atoms. The summed E-state index contributed by atoms with van der Waals surface area (Å²) in [6.07, 6.45) is 0. The number of aromatic hydroxyl groups is 1. The molecule has 4 nitrogen and oxygen atoms in total. The monoisotopic (exact) mass is 211 g/mol. The van der Waals surface area contributed by atoms with Crippen molar-refractivity contribution < 1.29 is 15.2 Å². The molecule has 2 aromatic rings. The Bertz CT molecular complexity index is 483. The normalized spacial score (nSPS) is 10.8. The lowest BCUT2D eigenvalue weighted by Gasteiger charge is -2.02. The van der Waals surface area contributed by atoms with E-state index in [-0.39, 0.29) is 16.4 Å².